The Kier molecular flexibility index (Phi) is 6.05. The molecule has 1 heterocycles. The largest absolute Gasteiger partial charge is 0.484 e. The molecule has 1 N–H and O–H groups in total. The van der Waals surface area contributed by atoms with Crippen molar-refractivity contribution in [2.45, 2.75) is 12.7 Å². The van der Waals surface area contributed by atoms with Crippen LogP contribution in [0, 0.1) is 0 Å². The van der Waals surface area contributed by atoms with Crippen LogP contribution in [0.4, 0.5) is 13.2 Å². The number of piperazine rings is 1. The van der Waals surface area contributed by atoms with Gasteiger partial charge in [-0.2, -0.15) is 13.2 Å². The molecule has 0 amide bonds. The second-order valence-electron chi connectivity index (χ2n) is 5.39. The first-order valence-corrected chi connectivity index (χ1v) is 7.30. The Morgan fingerprint density at radius 1 is 1.09 bits per heavy atom. The molecular weight excluding hydrogens is 297 g/mol. The summed E-state index contributed by atoms with van der Waals surface area (Å²) in [7, 11) is 0. The van der Waals surface area contributed by atoms with Gasteiger partial charge in [0.25, 0.3) is 0 Å². The lowest BCUT2D eigenvalue weighted by atomic mass is 10.2. The molecule has 1 fully saturated rings. The molecule has 4 nitrogen and oxygen atoms in total. The van der Waals surface area contributed by atoms with Gasteiger partial charge in [0, 0.05) is 39.3 Å². The summed E-state index contributed by atoms with van der Waals surface area (Å²) in [6, 6.07) is 6.80. The highest BCUT2D eigenvalue weighted by Crippen LogP contribution is 2.20. The van der Waals surface area contributed by atoms with E-state index in [1.54, 1.807) is 12.1 Å². The summed E-state index contributed by atoms with van der Waals surface area (Å²) in [5.74, 6) is 0.244. The van der Waals surface area contributed by atoms with Crippen molar-refractivity contribution in [2.75, 3.05) is 45.9 Å². The molecule has 124 valence electrons. The quantitative estimate of drug-likeness (QED) is 0.867. The highest BCUT2D eigenvalue weighted by atomic mass is 19.4. The first-order valence-electron chi connectivity index (χ1n) is 7.30. The summed E-state index contributed by atoms with van der Waals surface area (Å²) in [5, 5.41) is 8.91. The van der Waals surface area contributed by atoms with Crippen molar-refractivity contribution in [1.82, 2.24) is 9.80 Å². The highest BCUT2D eigenvalue weighted by molar-refractivity contribution is 5.28. The number of benzene rings is 1. The van der Waals surface area contributed by atoms with Gasteiger partial charge in [-0.15, -0.1) is 0 Å². The number of aliphatic hydroxyl groups is 1. The molecule has 1 aliphatic rings. The van der Waals surface area contributed by atoms with Crippen LogP contribution in [0.2, 0.25) is 0 Å². The molecule has 0 atom stereocenters. The number of ether oxygens (including phenoxy) is 1. The lowest BCUT2D eigenvalue weighted by Gasteiger charge is -2.34. The van der Waals surface area contributed by atoms with Crippen molar-refractivity contribution in [3.05, 3.63) is 29.8 Å². The van der Waals surface area contributed by atoms with E-state index in [-0.39, 0.29) is 12.4 Å². The molecule has 2 rings (SSSR count). The van der Waals surface area contributed by atoms with Gasteiger partial charge in [-0.1, -0.05) is 12.1 Å². The second kappa shape index (κ2) is 7.80. The molecule has 0 radical (unpaired) electrons. The summed E-state index contributed by atoms with van der Waals surface area (Å²) in [6.45, 7) is 3.83. The van der Waals surface area contributed by atoms with Crippen molar-refractivity contribution in [2.24, 2.45) is 0 Å². The smallest absolute Gasteiger partial charge is 0.422 e. The normalized spacial score (nSPS) is 17.6. The Hall–Kier alpha value is -1.31. The van der Waals surface area contributed by atoms with Crippen molar-refractivity contribution in [1.29, 1.82) is 0 Å². The van der Waals surface area contributed by atoms with E-state index in [9.17, 15) is 13.2 Å². The zero-order valence-electron chi connectivity index (χ0n) is 12.4. The summed E-state index contributed by atoms with van der Waals surface area (Å²) >= 11 is 0. The maximum absolute atomic E-state index is 12.2. The molecule has 7 heteroatoms. The van der Waals surface area contributed by atoms with Gasteiger partial charge in [-0.25, -0.2) is 0 Å². The minimum absolute atomic E-state index is 0.165. The number of rotatable bonds is 6. The molecule has 1 aromatic rings. The molecule has 1 aromatic carbocycles. The van der Waals surface area contributed by atoms with Crippen LogP contribution in [0.5, 0.6) is 5.75 Å². The average molecular weight is 318 g/mol. The number of hydrogen-bond donors (Lipinski definition) is 1. The Morgan fingerprint density at radius 2 is 1.77 bits per heavy atom. The first-order chi connectivity index (χ1) is 10.5. The highest BCUT2D eigenvalue weighted by Gasteiger charge is 2.28. The van der Waals surface area contributed by atoms with Gasteiger partial charge in [0.15, 0.2) is 6.61 Å². The summed E-state index contributed by atoms with van der Waals surface area (Å²) in [4.78, 5) is 4.44. The molecule has 0 aromatic heterocycles. The van der Waals surface area contributed by atoms with E-state index in [2.05, 4.69) is 9.80 Å². The Bertz CT molecular complexity index is 460. The Morgan fingerprint density at radius 3 is 2.41 bits per heavy atom. The molecule has 0 unspecified atom stereocenters. The average Bonchev–Trinajstić information content (AvgIpc) is 2.47. The van der Waals surface area contributed by atoms with E-state index in [0.717, 1.165) is 31.7 Å². The SMILES string of the molecule is OCCN1CCN(Cc2cccc(OCC(F)(F)F)c2)CC1. The number of aliphatic hydroxyl groups excluding tert-OH is 1. The van der Waals surface area contributed by atoms with E-state index < -0.39 is 12.8 Å². The molecule has 22 heavy (non-hydrogen) atoms. The van der Waals surface area contributed by atoms with Crippen LogP contribution in [0.3, 0.4) is 0 Å². The van der Waals surface area contributed by atoms with Crippen molar-refractivity contribution >= 4 is 0 Å². The van der Waals surface area contributed by atoms with Crippen molar-refractivity contribution < 1.29 is 23.0 Å². The van der Waals surface area contributed by atoms with E-state index in [0.29, 0.717) is 13.1 Å². The summed E-state index contributed by atoms with van der Waals surface area (Å²) in [6.07, 6.45) is -4.32. The molecule has 1 aliphatic heterocycles. The third-order valence-corrected chi connectivity index (χ3v) is 3.59. The second-order valence-corrected chi connectivity index (χ2v) is 5.39. The van der Waals surface area contributed by atoms with E-state index in [4.69, 9.17) is 9.84 Å². The maximum Gasteiger partial charge on any atom is 0.422 e. The molecule has 0 spiro atoms. The number of nitrogens with zero attached hydrogens (tertiary/aromatic N) is 2. The number of β-amino-alcohol motifs (C(OH)–C–C–N with tert-alkyl or cyclic N) is 1. The van der Waals surface area contributed by atoms with Gasteiger partial charge in [0.1, 0.15) is 5.75 Å². The van der Waals surface area contributed by atoms with Crippen LogP contribution >= 0.6 is 0 Å². The van der Waals surface area contributed by atoms with Gasteiger partial charge < -0.3 is 9.84 Å². The van der Waals surface area contributed by atoms with E-state index in [1.165, 1.54) is 6.07 Å². The van der Waals surface area contributed by atoms with Crippen LogP contribution in [0.25, 0.3) is 0 Å². The van der Waals surface area contributed by atoms with E-state index in [1.807, 2.05) is 6.07 Å². The predicted molar refractivity (Wildman–Crippen MR) is 76.8 cm³/mol. The molecular formula is C15H21F3N2O2. The molecule has 0 aliphatic carbocycles. The standard InChI is InChI=1S/C15H21F3N2O2/c16-15(17,18)12-22-14-3-1-2-13(10-14)11-20-6-4-19(5-7-20)8-9-21/h1-3,10,21H,4-9,11-12H2. The Labute approximate surface area is 128 Å². The molecule has 1 saturated heterocycles. The van der Waals surface area contributed by atoms with Crippen molar-refractivity contribution in [3.63, 3.8) is 0 Å². The van der Waals surface area contributed by atoms with Crippen LogP contribution < -0.4 is 4.74 Å². The summed E-state index contributed by atoms with van der Waals surface area (Å²) < 4.78 is 41.2. The topological polar surface area (TPSA) is 35.9 Å². The first kappa shape index (κ1) is 17.1. The lowest BCUT2D eigenvalue weighted by Crippen LogP contribution is -2.46. The van der Waals surface area contributed by atoms with Gasteiger partial charge >= 0.3 is 6.18 Å². The zero-order chi connectivity index (χ0) is 16.0. The predicted octanol–water partition coefficient (Wildman–Crippen LogP) is 1.74. The third-order valence-electron chi connectivity index (χ3n) is 3.59. The van der Waals surface area contributed by atoms with Crippen molar-refractivity contribution in [3.8, 4) is 5.75 Å². The van der Waals surface area contributed by atoms with Crippen LogP contribution in [0.15, 0.2) is 24.3 Å². The zero-order valence-corrected chi connectivity index (χ0v) is 12.4. The third kappa shape index (κ3) is 5.82. The fraction of sp³-hybridized carbons (Fsp3) is 0.600. The fourth-order valence-corrected chi connectivity index (χ4v) is 2.47. The Balaban J connectivity index is 1.83. The van der Waals surface area contributed by atoms with Gasteiger partial charge in [0.2, 0.25) is 0 Å². The van der Waals surface area contributed by atoms with Gasteiger partial charge in [-0.05, 0) is 17.7 Å². The van der Waals surface area contributed by atoms with E-state index >= 15 is 0 Å². The molecule has 0 bridgehead atoms. The fourth-order valence-electron chi connectivity index (χ4n) is 2.47. The minimum Gasteiger partial charge on any atom is -0.484 e. The maximum atomic E-state index is 12.2. The lowest BCUT2D eigenvalue weighted by molar-refractivity contribution is -0.153. The van der Waals surface area contributed by atoms with Gasteiger partial charge in [-0.3, -0.25) is 9.80 Å². The van der Waals surface area contributed by atoms with Crippen LogP contribution in [0.1, 0.15) is 5.56 Å². The van der Waals surface area contributed by atoms with Gasteiger partial charge in [0.05, 0.1) is 6.61 Å². The summed E-state index contributed by atoms with van der Waals surface area (Å²) in [5.41, 5.74) is 0.940. The monoisotopic (exact) mass is 318 g/mol. The minimum atomic E-state index is -4.32. The van der Waals surface area contributed by atoms with Crippen LogP contribution in [-0.2, 0) is 6.54 Å². The number of hydrogen-bond acceptors (Lipinski definition) is 4. The number of halogens is 3. The van der Waals surface area contributed by atoms with Crippen LogP contribution in [-0.4, -0.2) is 67.0 Å². The number of alkyl halides is 3. The molecule has 0 saturated carbocycles.